The number of hydrazone groups is 1. The summed E-state index contributed by atoms with van der Waals surface area (Å²) in [7, 11) is 1.65. The lowest BCUT2D eigenvalue weighted by molar-refractivity contribution is -0.129. The van der Waals surface area contributed by atoms with Crippen LogP contribution < -0.4 is 16.5 Å². The first kappa shape index (κ1) is 12.5. The Morgan fingerprint density at radius 2 is 2.00 bits per heavy atom. The second kappa shape index (κ2) is 5.50. The molecule has 90 valence electrons. The van der Waals surface area contributed by atoms with Gasteiger partial charge in [0, 0.05) is 18.3 Å². The lowest BCUT2D eigenvalue weighted by Gasteiger charge is -2.08. The average molecular weight is 236 g/mol. The maximum atomic E-state index is 11.0. The van der Waals surface area contributed by atoms with Gasteiger partial charge in [-0.25, -0.2) is 15.0 Å². The van der Waals surface area contributed by atoms with Crippen LogP contribution in [-0.2, 0) is 4.79 Å². The van der Waals surface area contributed by atoms with Gasteiger partial charge in [0.15, 0.2) is 5.71 Å². The van der Waals surface area contributed by atoms with Crippen LogP contribution in [0, 0.1) is 0 Å². The summed E-state index contributed by atoms with van der Waals surface area (Å²) in [6.07, 6.45) is 0. The Kier molecular flexibility index (Phi) is 4.04. The van der Waals surface area contributed by atoms with E-state index in [9.17, 15) is 9.59 Å². The molecule has 7 nitrogen and oxygen atoms in total. The molecule has 0 fully saturated rings. The monoisotopic (exact) mass is 236 g/mol. The summed E-state index contributed by atoms with van der Waals surface area (Å²) >= 11 is 0. The molecule has 1 rings (SSSR count). The fourth-order valence-electron chi connectivity index (χ4n) is 1.24. The number of carboxylic acids is 1. The lowest BCUT2D eigenvalue weighted by Crippen LogP contribution is -2.28. The van der Waals surface area contributed by atoms with Crippen LogP contribution in [0.1, 0.15) is 5.56 Å². The predicted molar refractivity (Wildman–Crippen MR) is 62.9 cm³/mol. The molecule has 0 aliphatic rings. The van der Waals surface area contributed by atoms with Crippen molar-refractivity contribution in [2.75, 3.05) is 12.4 Å². The van der Waals surface area contributed by atoms with Gasteiger partial charge in [0.25, 0.3) is 0 Å². The molecule has 7 heteroatoms. The van der Waals surface area contributed by atoms with Gasteiger partial charge >= 0.3 is 12.0 Å². The number of carbonyl (C=O) groups is 2. The highest BCUT2D eigenvalue weighted by molar-refractivity contribution is 6.43. The van der Waals surface area contributed by atoms with Gasteiger partial charge in [0.2, 0.25) is 0 Å². The largest absolute Gasteiger partial charge is 0.476 e. The molecule has 0 unspecified atom stereocenters. The Labute approximate surface area is 97.3 Å². The molecule has 0 saturated heterocycles. The molecule has 0 spiro atoms. The molecule has 1 aromatic rings. The number of carboxylic acid groups (broad SMARTS) is 1. The number of hydrogen-bond acceptors (Lipinski definition) is 4. The van der Waals surface area contributed by atoms with Crippen LogP contribution in [0.3, 0.4) is 0 Å². The number of benzene rings is 1. The second-order valence-electron chi connectivity index (χ2n) is 3.04. The Morgan fingerprint density at radius 1 is 1.35 bits per heavy atom. The zero-order valence-electron chi connectivity index (χ0n) is 9.10. The van der Waals surface area contributed by atoms with E-state index in [-0.39, 0.29) is 5.71 Å². The van der Waals surface area contributed by atoms with E-state index in [1.807, 2.05) is 5.43 Å². The van der Waals surface area contributed by atoms with Crippen molar-refractivity contribution in [3.05, 3.63) is 29.8 Å². The van der Waals surface area contributed by atoms with E-state index in [0.717, 1.165) is 0 Å². The number of amides is 2. The van der Waals surface area contributed by atoms with Gasteiger partial charge in [-0.15, -0.1) is 0 Å². The van der Waals surface area contributed by atoms with Crippen LogP contribution in [-0.4, -0.2) is 29.9 Å². The van der Waals surface area contributed by atoms with Crippen molar-refractivity contribution in [2.24, 2.45) is 10.8 Å². The summed E-state index contributed by atoms with van der Waals surface area (Å²) in [4.78, 5) is 21.5. The number of primary amides is 1. The summed E-state index contributed by atoms with van der Waals surface area (Å²) < 4.78 is 0. The highest BCUT2D eigenvalue weighted by Gasteiger charge is 2.16. The molecule has 0 heterocycles. The number of anilines is 1. The first-order valence-electron chi connectivity index (χ1n) is 4.70. The third-order valence-electron chi connectivity index (χ3n) is 1.93. The van der Waals surface area contributed by atoms with E-state index in [1.54, 1.807) is 31.3 Å². The molecule has 1 aromatic carbocycles. The SMILES string of the molecule is CNc1ccccc1/C(=N\NC(N)=O)C(=O)O. The summed E-state index contributed by atoms with van der Waals surface area (Å²) in [6.45, 7) is 0. The number of urea groups is 1. The molecule has 5 N–H and O–H groups in total. The van der Waals surface area contributed by atoms with Crippen molar-refractivity contribution < 1.29 is 14.7 Å². The maximum Gasteiger partial charge on any atom is 0.357 e. The van der Waals surface area contributed by atoms with E-state index in [4.69, 9.17) is 10.8 Å². The topological polar surface area (TPSA) is 117 Å². The van der Waals surface area contributed by atoms with Gasteiger partial charge in [0.1, 0.15) is 0 Å². The smallest absolute Gasteiger partial charge is 0.357 e. The minimum atomic E-state index is -1.26. The van der Waals surface area contributed by atoms with Crippen molar-refractivity contribution >= 4 is 23.4 Å². The maximum absolute atomic E-state index is 11.0. The Hall–Kier alpha value is -2.57. The minimum absolute atomic E-state index is 0.297. The number of hydrogen-bond donors (Lipinski definition) is 4. The Morgan fingerprint density at radius 3 is 2.53 bits per heavy atom. The highest BCUT2D eigenvalue weighted by atomic mass is 16.4. The molecule has 0 aliphatic carbocycles. The summed E-state index contributed by atoms with van der Waals surface area (Å²) in [5.74, 6) is -1.26. The van der Waals surface area contributed by atoms with Crippen molar-refractivity contribution in [1.82, 2.24) is 5.43 Å². The summed E-state index contributed by atoms with van der Waals surface area (Å²) in [5.41, 5.74) is 7.36. The Balaban J connectivity index is 3.18. The van der Waals surface area contributed by atoms with Gasteiger partial charge in [-0.05, 0) is 6.07 Å². The van der Waals surface area contributed by atoms with Crippen molar-refractivity contribution in [3.63, 3.8) is 0 Å². The summed E-state index contributed by atoms with van der Waals surface area (Å²) in [5, 5.41) is 15.3. The van der Waals surface area contributed by atoms with Gasteiger partial charge in [-0.1, -0.05) is 18.2 Å². The second-order valence-corrected chi connectivity index (χ2v) is 3.04. The van der Waals surface area contributed by atoms with Crippen molar-refractivity contribution in [2.45, 2.75) is 0 Å². The van der Waals surface area contributed by atoms with Crippen molar-refractivity contribution in [3.8, 4) is 0 Å². The third kappa shape index (κ3) is 3.20. The summed E-state index contributed by atoms with van der Waals surface area (Å²) in [6, 6.07) is 5.75. The minimum Gasteiger partial charge on any atom is -0.476 e. The quantitative estimate of drug-likeness (QED) is 0.440. The molecule has 2 amide bonds. The number of nitrogens with two attached hydrogens (primary N) is 1. The average Bonchev–Trinajstić information content (AvgIpc) is 2.29. The van der Waals surface area contributed by atoms with E-state index in [1.165, 1.54) is 0 Å². The van der Waals surface area contributed by atoms with Gasteiger partial charge in [-0.3, -0.25) is 0 Å². The third-order valence-corrected chi connectivity index (χ3v) is 1.93. The number of rotatable bonds is 4. The standard InChI is InChI=1S/C10H12N4O3/c1-12-7-5-3-2-4-6(7)8(9(15)16)13-14-10(11)17/h2-5,12H,1H3,(H,15,16)(H3,11,14,17)/b13-8+. The van der Waals surface area contributed by atoms with Crippen LogP contribution >= 0.6 is 0 Å². The molecule has 0 aliphatic heterocycles. The van der Waals surface area contributed by atoms with Crippen LogP contribution in [0.4, 0.5) is 10.5 Å². The fourth-order valence-corrected chi connectivity index (χ4v) is 1.24. The molecular formula is C10H12N4O3. The van der Waals surface area contributed by atoms with Crippen LogP contribution in [0.5, 0.6) is 0 Å². The molecule has 0 radical (unpaired) electrons. The molecule has 0 saturated carbocycles. The number of carbonyl (C=O) groups excluding carboxylic acids is 1. The van der Waals surface area contributed by atoms with Crippen LogP contribution in [0.15, 0.2) is 29.4 Å². The van der Waals surface area contributed by atoms with E-state index < -0.39 is 12.0 Å². The number of para-hydroxylation sites is 1. The molecule has 0 bridgehead atoms. The van der Waals surface area contributed by atoms with E-state index >= 15 is 0 Å². The fraction of sp³-hybridized carbons (Fsp3) is 0.100. The zero-order chi connectivity index (χ0) is 12.8. The molecular weight excluding hydrogens is 224 g/mol. The van der Waals surface area contributed by atoms with Crippen LogP contribution in [0.2, 0.25) is 0 Å². The van der Waals surface area contributed by atoms with Crippen molar-refractivity contribution in [1.29, 1.82) is 0 Å². The predicted octanol–water partition coefficient (Wildman–Crippen LogP) is 0.185. The number of nitrogens with zero attached hydrogens (tertiary/aromatic N) is 1. The van der Waals surface area contributed by atoms with Gasteiger partial charge in [-0.2, -0.15) is 5.10 Å². The first-order chi connectivity index (χ1) is 8.06. The number of nitrogens with one attached hydrogen (secondary N) is 2. The van der Waals surface area contributed by atoms with E-state index in [2.05, 4.69) is 10.4 Å². The van der Waals surface area contributed by atoms with Crippen LogP contribution in [0.25, 0.3) is 0 Å². The first-order valence-corrected chi connectivity index (χ1v) is 4.70. The zero-order valence-corrected chi connectivity index (χ0v) is 9.10. The molecule has 0 atom stereocenters. The van der Waals surface area contributed by atoms with E-state index in [0.29, 0.717) is 11.3 Å². The van der Waals surface area contributed by atoms with Gasteiger partial charge in [0.05, 0.1) is 0 Å². The highest BCUT2D eigenvalue weighted by Crippen LogP contribution is 2.15. The lowest BCUT2D eigenvalue weighted by atomic mass is 10.1. The Bertz CT molecular complexity index is 470. The molecule has 0 aromatic heterocycles. The number of aliphatic carboxylic acids is 1. The molecule has 17 heavy (non-hydrogen) atoms. The normalized spacial score (nSPS) is 10.8. The van der Waals surface area contributed by atoms with Gasteiger partial charge < -0.3 is 16.2 Å².